The van der Waals surface area contributed by atoms with Crippen LogP contribution >= 0.6 is 24.0 Å². The molecule has 1 atom stereocenters. The van der Waals surface area contributed by atoms with Gasteiger partial charge in [0, 0.05) is 5.69 Å². The second kappa shape index (κ2) is 9.32. The fourth-order valence-electron chi connectivity index (χ4n) is 3.30. The predicted octanol–water partition coefficient (Wildman–Crippen LogP) is 3.96. The molecule has 0 heterocycles. The van der Waals surface area contributed by atoms with Crippen LogP contribution in [0.1, 0.15) is 29.2 Å². The van der Waals surface area contributed by atoms with E-state index in [9.17, 15) is 4.39 Å². The van der Waals surface area contributed by atoms with E-state index in [4.69, 9.17) is 5.73 Å². The number of aryl methyl sites for hydroxylation is 2. The second-order valence-corrected chi connectivity index (χ2v) is 6.72. The average molecular weight is 468 g/mol. The van der Waals surface area contributed by atoms with E-state index < -0.39 is 0 Å². The smallest absolute Gasteiger partial charge is 0.193 e. The highest BCUT2D eigenvalue weighted by Gasteiger charge is 2.15. The number of nitrogens with one attached hydrogen (secondary N) is 1. The van der Waals surface area contributed by atoms with Crippen LogP contribution in [0.15, 0.2) is 47.5 Å². The van der Waals surface area contributed by atoms with Crippen LogP contribution in [-0.2, 0) is 12.8 Å². The van der Waals surface area contributed by atoms with Crippen molar-refractivity contribution in [2.75, 3.05) is 26.0 Å². The number of aliphatic imine (C=N–C) groups is 1. The van der Waals surface area contributed by atoms with Crippen molar-refractivity contribution in [2.24, 2.45) is 10.7 Å². The molecule has 0 saturated heterocycles. The molecule has 1 aliphatic rings. The van der Waals surface area contributed by atoms with E-state index in [-0.39, 0.29) is 35.8 Å². The van der Waals surface area contributed by atoms with Crippen molar-refractivity contribution < 1.29 is 4.39 Å². The van der Waals surface area contributed by atoms with Crippen LogP contribution in [0.3, 0.4) is 0 Å². The van der Waals surface area contributed by atoms with Gasteiger partial charge in [-0.2, -0.15) is 0 Å². The maximum absolute atomic E-state index is 13.5. The first-order chi connectivity index (χ1) is 12.0. The number of rotatable bonds is 5. The van der Waals surface area contributed by atoms with Crippen molar-refractivity contribution in [3.63, 3.8) is 0 Å². The molecule has 3 N–H and O–H groups in total. The SMILES string of the molecule is CN(C)C(CN=C(N)Nc1ccc2c(c1)CCC2)c1cccc(F)c1.I. The molecule has 0 aromatic heterocycles. The Kier molecular flexibility index (Phi) is 7.40. The zero-order valence-corrected chi connectivity index (χ0v) is 17.5. The van der Waals surface area contributed by atoms with E-state index in [1.807, 2.05) is 31.1 Å². The van der Waals surface area contributed by atoms with Crippen molar-refractivity contribution >= 4 is 35.6 Å². The summed E-state index contributed by atoms with van der Waals surface area (Å²) in [5, 5.41) is 3.16. The van der Waals surface area contributed by atoms with E-state index >= 15 is 0 Å². The van der Waals surface area contributed by atoms with Gasteiger partial charge in [-0.1, -0.05) is 18.2 Å². The molecule has 0 fully saturated rings. The van der Waals surface area contributed by atoms with Gasteiger partial charge in [0.2, 0.25) is 0 Å². The van der Waals surface area contributed by atoms with E-state index in [0.717, 1.165) is 24.1 Å². The number of likely N-dealkylation sites (N-methyl/N-ethyl adjacent to an activating group) is 1. The lowest BCUT2D eigenvalue weighted by atomic mass is 10.1. The van der Waals surface area contributed by atoms with Crippen LogP contribution in [0, 0.1) is 5.82 Å². The van der Waals surface area contributed by atoms with E-state index in [1.54, 1.807) is 12.1 Å². The van der Waals surface area contributed by atoms with Gasteiger partial charge in [-0.3, -0.25) is 4.99 Å². The lowest BCUT2D eigenvalue weighted by molar-refractivity contribution is 0.306. The van der Waals surface area contributed by atoms with Gasteiger partial charge >= 0.3 is 0 Å². The van der Waals surface area contributed by atoms with E-state index in [1.165, 1.54) is 23.6 Å². The fourth-order valence-corrected chi connectivity index (χ4v) is 3.30. The molecule has 2 aromatic carbocycles. The zero-order valence-electron chi connectivity index (χ0n) is 15.2. The predicted molar refractivity (Wildman–Crippen MR) is 117 cm³/mol. The van der Waals surface area contributed by atoms with Crippen LogP contribution in [0.5, 0.6) is 0 Å². The molecule has 0 amide bonds. The molecule has 0 radical (unpaired) electrons. The van der Waals surface area contributed by atoms with E-state index in [2.05, 4.69) is 22.4 Å². The van der Waals surface area contributed by atoms with Gasteiger partial charge in [0.15, 0.2) is 5.96 Å². The summed E-state index contributed by atoms with van der Waals surface area (Å²) in [4.78, 5) is 6.47. The monoisotopic (exact) mass is 468 g/mol. The molecule has 1 aliphatic carbocycles. The summed E-state index contributed by atoms with van der Waals surface area (Å²) in [6.45, 7) is 0.459. The Morgan fingerprint density at radius 2 is 1.96 bits per heavy atom. The average Bonchev–Trinajstić information content (AvgIpc) is 3.02. The normalized spacial score (nSPS) is 14.7. The lowest BCUT2D eigenvalue weighted by Gasteiger charge is -2.23. The van der Waals surface area contributed by atoms with Crippen molar-refractivity contribution in [1.29, 1.82) is 0 Å². The third-order valence-corrected chi connectivity index (χ3v) is 4.66. The Hall–Kier alpha value is -1.67. The number of fused-ring (bicyclic) bond motifs is 1. The molecule has 4 nitrogen and oxygen atoms in total. The largest absolute Gasteiger partial charge is 0.370 e. The first-order valence-corrected chi connectivity index (χ1v) is 8.63. The van der Waals surface area contributed by atoms with Gasteiger partial charge in [0.1, 0.15) is 5.82 Å². The molecule has 3 rings (SSSR count). The summed E-state index contributed by atoms with van der Waals surface area (Å²) in [5.74, 6) is 0.138. The van der Waals surface area contributed by atoms with Gasteiger partial charge in [-0.15, -0.1) is 24.0 Å². The van der Waals surface area contributed by atoms with E-state index in [0.29, 0.717) is 12.5 Å². The first kappa shape index (κ1) is 20.6. The topological polar surface area (TPSA) is 53.6 Å². The lowest BCUT2D eigenvalue weighted by Crippen LogP contribution is -2.27. The molecular weight excluding hydrogens is 442 g/mol. The van der Waals surface area contributed by atoms with Gasteiger partial charge in [0.25, 0.3) is 0 Å². The number of anilines is 1. The van der Waals surface area contributed by atoms with Crippen LogP contribution in [-0.4, -0.2) is 31.5 Å². The van der Waals surface area contributed by atoms with Crippen LogP contribution < -0.4 is 11.1 Å². The second-order valence-electron chi connectivity index (χ2n) is 6.72. The highest BCUT2D eigenvalue weighted by atomic mass is 127. The van der Waals surface area contributed by atoms with Gasteiger partial charge < -0.3 is 16.0 Å². The van der Waals surface area contributed by atoms with Crippen molar-refractivity contribution in [1.82, 2.24) is 4.90 Å². The maximum Gasteiger partial charge on any atom is 0.193 e. The molecule has 0 aliphatic heterocycles. The quantitative estimate of drug-likeness (QED) is 0.397. The Balaban J connectivity index is 0.00000243. The Morgan fingerprint density at radius 3 is 2.69 bits per heavy atom. The molecule has 6 heteroatoms. The summed E-state index contributed by atoms with van der Waals surface area (Å²) in [5.41, 5.74) is 10.7. The molecule has 1 unspecified atom stereocenters. The highest BCUT2D eigenvalue weighted by Crippen LogP contribution is 2.25. The van der Waals surface area contributed by atoms with Crippen LogP contribution in [0.2, 0.25) is 0 Å². The number of guanidine groups is 1. The zero-order chi connectivity index (χ0) is 17.8. The maximum atomic E-state index is 13.5. The standard InChI is InChI=1S/C20H25FN4.HI/c1-25(2)19(16-7-4-8-17(21)11-16)13-23-20(22)24-18-10-9-14-5-3-6-15(14)12-18;/h4,7-12,19H,3,5-6,13H2,1-2H3,(H3,22,23,24);1H. The summed E-state index contributed by atoms with van der Waals surface area (Å²) in [7, 11) is 3.91. The van der Waals surface area contributed by atoms with Gasteiger partial charge in [-0.05, 0) is 74.3 Å². The van der Waals surface area contributed by atoms with Crippen molar-refractivity contribution in [3.05, 3.63) is 65.0 Å². The third kappa shape index (κ3) is 5.17. The summed E-state index contributed by atoms with van der Waals surface area (Å²) in [6.07, 6.45) is 3.52. The Bertz CT molecular complexity index is 776. The first-order valence-electron chi connectivity index (χ1n) is 8.63. The van der Waals surface area contributed by atoms with Crippen LogP contribution in [0.25, 0.3) is 0 Å². The molecule has 0 bridgehead atoms. The summed E-state index contributed by atoms with van der Waals surface area (Å²) in [6, 6.07) is 12.9. The molecule has 26 heavy (non-hydrogen) atoms. The Labute approximate surface area is 171 Å². The fraction of sp³-hybridized carbons (Fsp3) is 0.350. The number of hydrogen-bond donors (Lipinski definition) is 2. The number of hydrogen-bond acceptors (Lipinski definition) is 2. The number of nitrogens with zero attached hydrogens (tertiary/aromatic N) is 2. The number of halogens is 2. The van der Waals surface area contributed by atoms with Crippen molar-refractivity contribution in [3.8, 4) is 0 Å². The molecule has 140 valence electrons. The van der Waals surface area contributed by atoms with Crippen LogP contribution in [0.4, 0.5) is 10.1 Å². The summed E-state index contributed by atoms with van der Waals surface area (Å²) < 4.78 is 13.5. The molecule has 2 aromatic rings. The Morgan fingerprint density at radius 1 is 1.19 bits per heavy atom. The molecule has 0 spiro atoms. The summed E-state index contributed by atoms with van der Waals surface area (Å²) >= 11 is 0. The minimum atomic E-state index is -0.238. The van der Waals surface area contributed by atoms with Gasteiger partial charge in [0.05, 0.1) is 12.6 Å². The number of nitrogens with two attached hydrogens (primary N) is 1. The molecular formula is C20H26FIN4. The minimum Gasteiger partial charge on any atom is -0.370 e. The van der Waals surface area contributed by atoms with Crippen molar-refractivity contribution in [2.45, 2.75) is 25.3 Å². The third-order valence-electron chi connectivity index (χ3n) is 4.66. The highest BCUT2D eigenvalue weighted by molar-refractivity contribution is 14.0. The number of benzene rings is 2. The minimum absolute atomic E-state index is 0. The van der Waals surface area contributed by atoms with Gasteiger partial charge in [-0.25, -0.2) is 4.39 Å². The molecule has 0 saturated carbocycles.